The third-order valence-electron chi connectivity index (χ3n) is 16.4. The van der Waals surface area contributed by atoms with E-state index in [0.29, 0.717) is 77.6 Å². The molecular weight excluding hydrogens is 1110 g/mol. The van der Waals surface area contributed by atoms with Gasteiger partial charge in [-0.1, -0.05) is 190 Å². The molecule has 10 aromatic rings. The molecule has 0 bridgehead atoms. The molecule has 4 unspecified atom stereocenters. The van der Waals surface area contributed by atoms with Crippen molar-refractivity contribution in [1.82, 2.24) is 0 Å². The molecule has 14 rings (SSSR count). The van der Waals surface area contributed by atoms with Crippen LogP contribution in [0, 0.1) is 12.5 Å². The first-order valence-electron chi connectivity index (χ1n) is 27.2. The van der Waals surface area contributed by atoms with E-state index in [0.717, 1.165) is 44.5 Å². The molecule has 0 aromatic heterocycles. The Morgan fingerprint density at radius 3 is 0.916 bits per heavy atom. The van der Waals surface area contributed by atoms with E-state index in [2.05, 4.69) is 6.11 Å². The van der Waals surface area contributed by atoms with Crippen molar-refractivity contribution in [2.24, 2.45) is 0 Å². The Labute approximate surface area is 481 Å². The number of phenols is 1. The second-order valence-electron chi connectivity index (χ2n) is 21.9. The first-order valence-corrected chi connectivity index (χ1v) is 34.4. The summed E-state index contributed by atoms with van der Waals surface area (Å²) >= 11 is 0. The number of benzene rings is 10. The average Bonchev–Trinajstić information content (AvgIpc) is 3.53. The van der Waals surface area contributed by atoms with Crippen molar-refractivity contribution < 1.29 is 46.2 Å². The zero-order chi connectivity index (χ0) is 56.9. The summed E-state index contributed by atoms with van der Waals surface area (Å²) in [5.41, 5.74) is 7.86. The number of para-hydroxylation sites is 4. The second-order valence-corrected chi connectivity index (χ2v) is 31.2. The number of hydrogen-bond acceptors (Lipinski definition) is 10. The standard InChI is InChI=1S/C69H52O10P4/c1-4-75-68-47(43-82(73)65-35-19-11-27-57(65)53-23-7-15-31-61(53)78-82)39-50(40-48(68)44-83(74)66-36-20-12-28-58(66)54-24-8-16-32-62(54)79-83)69(2,3)49-37-45(41-80(71)63-33-17-9-25-55(63)51-21-5-13-29-59(51)76-80)67(70)46(38-49)42-81(72)64-34-18-10-26-56(64)52-22-6-14-30-60(52)77-81/h1,5-40,70H,41-44H2,2-3H3. The van der Waals surface area contributed by atoms with Crippen LogP contribution in [0.5, 0.6) is 34.5 Å². The van der Waals surface area contributed by atoms with Crippen LogP contribution >= 0.6 is 29.5 Å². The molecule has 10 nitrogen and oxygen atoms in total. The van der Waals surface area contributed by atoms with Crippen molar-refractivity contribution in [3.8, 4) is 91.5 Å². The van der Waals surface area contributed by atoms with E-state index in [1.54, 1.807) is 36.4 Å². The van der Waals surface area contributed by atoms with Crippen LogP contribution < -0.4 is 44.1 Å². The SMILES string of the molecule is C#COc1c(CP2(=O)Oc3ccccc3-c3ccccc32)cc(C(C)(C)c2cc(CP3(=O)Oc4ccccc4-c4ccccc43)c(O)c(CP3(=O)Oc4ccccc4-c4ccccc43)c2)cc1CP1(=O)Oc2ccccc2-c2ccccc21. The fourth-order valence-electron chi connectivity index (χ4n) is 12.3. The topological polar surface area (TPSA) is 135 Å². The van der Waals surface area contributed by atoms with Crippen LogP contribution in [0.25, 0.3) is 44.5 Å². The maximum absolute atomic E-state index is 16.0. The van der Waals surface area contributed by atoms with Crippen LogP contribution in [-0.4, -0.2) is 5.11 Å². The Kier molecular flexibility index (Phi) is 12.6. The van der Waals surface area contributed by atoms with Gasteiger partial charge in [-0.3, -0.25) is 18.3 Å². The van der Waals surface area contributed by atoms with Crippen molar-refractivity contribution in [2.45, 2.75) is 43.9 Å². The molecule has 0 saturated carbocycles. The van der Waals surface area contributed by atoms with Crippen molar-refractivity contribution >= 4 is 50.7 Å². The third kappa shape index (κ3) is 8.81. The molecule has 408 valence electrons. The van der Waals surface area contributed by atoms with Gasteiger partial charge in [0.1, 0.15) is 40.6 Å². The number of rotatable bonds is 11. The zero-order valence-corrected chi connectivity index (χ0v) is 48.7. The van der Waals surface area contributed by atoms with E-state index in [1.165, 1.54) is 0 Å². The Hall–Kier alpha value is -8.52. The quantitative estimate of drug-likeness (QED) is 0.0985. The fraction of sp³-hybridized carbons (Fsp3) is 0.101. The van der Waals surface area contributed by atoms with Gasteiger partial charge in [0.25, 0.3) is 29.5 Å². The van der Waals surface area contributed by atoms with E-state index in [-0.39, 0.29) is 36.1 Å². The number of terminal acetylenes is 1. The highest BCUT2D eigenvalue weighted by atomic mass is 31.2. The summed E-state index contributed by atoms with van der Waals surface area (Å²) in [6.07, 6.45) is 7.64. The van der Waals surface area contributed by atoms with Crippen LogP contribution in [-0.2, 0) is 48.3 Å². The van der Waals surface area contributed by atoms with Crippen LogP contribution in [0.15, 0.2) is 218 Å². The molecule has 14 heteroatoms. The molecule has 4 heterocycles. The van der Waals surface area contributed by atoms with E-state index < -0.39 is 34.9 Å². The van der Waals surface area contributed by atoms with Crippen molar-refractivity contribution in [1.29, 1.82) is 0 Å². The third-order valence-corrected chi connectivity index (χ3v) is 25.9. The van der Waals surface area contributed by atoms with Gasteiger partial charge >= 0.3 is 0 Å². The number of fused-ring (bicyclic) bond motifs is 12. The summed E-state index contributed by atoms with van der Waals surface area (Å²) in [6, 6.07) is 67.2. The van der Waals surface area contributed by atoms with Gasteiger partial charge in [0, 0.05) is 49.9 Å². The van der Waals surface area contributed by atoms with Gasteiger partial charge in [-0.2, -0.15) is 0 Å². The van der Waals surface area contributed by atoms with Gasteiger partial charge in [-0.05, 0) is 81.9 Å². The lowest BCUT2D eigenvalue weighted by Crippen LogP contribution is -2.24. The predicted molar refractivity (Wildman–Crippen MR) is 330 cm³/mol. The molecule has 4 aliphatic heterocycles. The number of hydrogen-bond donors (Lipinski definition) is 1. The fourth-order valence-corrected chi connectivity index (χ4v) is 21.8. The van der Waals surface area contributed by atoms with Gasteiger partial charge in [0.05, 0.1) is 45.9 Å². The van der Waals surface area contributed by atoms with Gasteiger partial charge in [0.2, 0.25) is 0 Å². The molecular formula is C69H52O10P4. The zero-order valence-electron chi connectivity index (χ0n) is 45.1. The molecule has 83 heavy (non-hydrogen) atoms. The molecule has 0 amide bonds. The van der Waals surface area contributed by atoms with Crippen molar-refractivity contribution in [3.05, 3.63) is 252 Å². The molecule has 0 aliphatic carbocycles. The number of ether oxygens (including phenoxy) is 1. The van der Waals surface area contributed by atoms with E-state index in [4.69, 9.17) is 29.3 Å². The van der Waals surface area contributed by atoms with E-state index >= 15 is 18.3 Å². The molecule has 4 atom stereocenters. The Morgan fingerprint density at radius 2 is 0.627 bits per heavy atom. The summed E-state index contributed by atoms with van der Waals surface area (Å²) in [6.45, 7) is 4.01. The normalized spacial score (nSPS) is 20.2. The predicted octanol–water partition coefficient (Wildman–Crippen LogP) is 16.3. The monoisotopic (exact) mass is 1160 g/mol. The van der Waals surface area contributed by atoms with Gasteiger partial charge in [-0.25, -0.2) is 0 Å². The average molecular weight is 1170 g/mol. The Morgan fingerprint density at radius 1 is 0.386 bits per heavy atom. The van der Waals surface area contributed by atoms with Crippen molar-refractivity contribution in [3.63, 3.8) is 0 Å². The molecule has 0 saturated heterocycles. The van der Waals surface area contributed by atoms with Gasteiger partial charge in [-0.15, -0.1) is 0 Å². The number of phenolic OH excluding ortho intramolecular Hbond substituents is 1. The molecule has 0 fully saturated rings. The lowest BCUT2D eigenvalue weighted by molar-refractivity contribution is 0.455. The van der Waals surface area contributed by atoms with Crippen LogP contribution in [0.2, 0.25) is 0 Å². The Bertz CT molecular complexity index is 4350. The molecule has 4 aliphatic rings. The second kappa shape index (κ2) is 19.8. The molecule has 0 radical (unpaired) electrons. The number of aromatic hydroxyl groups is 1. The summed E-state index contributed by atoms with van der Waals surface area (Å²) < 4.78 is 96.5. The largest absolute Gasteiger partial charge is 0.507 e. The maximum Gasteiger partial charge on any atom is 0.282 e. The highest BCUT2D eigenvalue weighted by molar-refractivity contribution is 7.68. The molecule has 0 spiro atoms. The molecule has 1 N–H and O–H groups in total. The first kappa shape index (κ1) is 52.5. The highest BCUT2D eigenvalue weighted by Crippen LogP contribution is 2.63. The maximum atomic E-state index is 16.0. The minimum atomic E-state index is -3.88. The van der Waals surface area contributed by atoms with Crippen LogP contribution in [0.1, 0.15) is 47.2 Å². The summed E-state index contributed by atoms with van der Waals surface area (Å²) in [5, 5.41) is 14.9. The van der Waals surface area contributed by atoms with Crippen LogP contribution in [0.4, 0.5) is 0 Å². The van der Waals surface area contributed by atoms with Gasteiger partial charge < -0.3 is 27.9 Å². The summed E-state index contributed by atoms with van der Waals surface area (Å²) in [4.78, 5) is 0. The smallest absolute Gasteiger partial charge is 0.282 e. The minimum Gasteiger partial charge on any atom is -0.507 e. The Balaban J connectivity index is 0.964. The summed E-state index contributed by atoms with van der Waals surface area (Å²) in [5.74, 6) is 1.81. The van der Waals surface area contributed by atoms with Gasteiger partial charge in [0.15, 0.2) is 0 Å². The summed E-state index contributed by atoms with van der Waals surface area (Å²) in [7, 11) is -15.5. The van der Waals surface area contributed by atoms with Crippen molar-refractivity contribution in [2.75, 3.05) is 0 Å². The first-order chi connectivity index (χ1) is 40.2. The van der Waals surface area contributed by atoms with Crippen LogP contribution in [0.3, 0.4) is 0 Å². The lowest BCUT2D eigenvalue weighted by atomic mass is 9.76. The molecule has 10 aromatic carbocycles. The van der Waals surface area contributed by atoms with E-state index in [1.807, 2.05) is 196 Å². The minimum absolute atomic E-state index is 0.183. The van der Waals surface area contributed by atoms with E-state index in [9.17, 15) is 5.11 Å². The highest BCUT2D eigenvalue weighted by Gasteiger charge is 2.44. The lowest BCUT2D eigenvalue weighted by Gasteiger charge is -2.33.